The van der Waals surface area contributed by atoms with E-state index in [2.05, 4.69) is 0 Å². The first-order valence-electron chi connectivity index (χ1n) is 5.25. The summed E-state index contributed by atoms with van der Waals surface area (Å²) in [7, 11) is 1.77. The third-order valence-corrected chi connectivity index (χ3v) is 3.34. The highest BCUT2D eigenvalue weighted by Crippen LogP contribution is 2.24. The summed E-state index contributed by atoms with van der Waals surface area (Å²) >= 11 is 1.43. The second kappa shape index (κ2) is 5.86. The fourth-order valence-electron chi connectivity index (χ4n) is 1.24. The molecule has 0 saturated heterocycles. The normalized spacial score (nSPS) is 10.4. The molecule has 0 unspecified atom stereocenters. The quantitative estimate of drug-likeness (QED) is 0.800. The lowest BCUT2D eigenvalue weighted by atomic mass is 10.3. The lowest BCUT2D eigenvalue weighted by molar-refractivity contribution is 0.0714. The number of nitrogens with zero attached hydrogens (tertiary/aromatic N) is 1. The van der Waals surface area contributed by atoms with E-state index in [9.17, 15) is 4.79 Å². The fraction of sp³-hybridized carbons (Fsp3) is 0.545. The van der Waals surface area contributed by atoms with Crippen LogP contribution in [0.3, 0.4) is 0 Å². The fourth-order valence-corrected chi connectivity index (χ4v) is 2.17. The molecule has 1 heterocycles. The van der Waals surface area contributed by atoms with Gasteiger partial charge in [-0.2, -0.15) is 0 Å². The van der Waals surface area contributed by atoms with Crippen LogP contribution in [-0.2, 0) is 4.74 Å². The smallest absolute Gasteiger partial charge is 0.263 e. The Morgan fingerprint density at radius 3 is 2.81 bits per heavy atom. The number of aryl methyl sites for hydroxylation is 1. The summed E-state index contributed by atoms with van der Waals surface area (Å²) in [5.41, 5.74) is 6.40. The van der Waals surface area contributed by atoms with Crippen LogP contribution in [-0.4, -0.2) is 37.6 Å². The van der Waals surface area contributed by atoms with Crippen molar-refractivity contribution in [2.24, 2.45) is 0 Å². The van der Waals surface area contributed by atoms with Crippen LogP contribution < -0.4 is 5.73 Å². The van der Waals surface area contributed by atoms with E-state index in [1.54, 1.807) is 18.0 Å². The summed E-state index contributed by atoms with van der Waals surface area (Å²) in [5, 5.41) is 0. The zero-order valence-corrected chi connectivity index (χ0v) is 10.8. The van der Waals surface area contributed by atoms with Gasteiger partial charge in [0, 0.05) is 30.8 Å². The Morgan fingerprint density at radius 1 is 1.62 bits per heavy atom. The van der Waals surface area contributed by atoms with Crippen LogP contribution >= 0.6 is 11.3 Å². The maximum absolute atomic E-state index is 11.9. The molecule has 90 valence electrons. The molecule has 0 radical (unpaired) electrons. The summed E-state index contributed by atoms with van der Waals surface area (Å²) in [6, 6.07) is 1.74. The van der Waals surface area contributed by atoms with Crippen molar-refractivity contribution in [2.45, 2.75) is 13.8 Å². The predicted molar refractivity (Wildman–Crippen MR) is 66.9 cm³/mol. The molecule has 2 N–H and O–H groups in total. The zero-order valence-electron chi connectivity index (χ0n) is 9.95. The van der Waals surface area contributed by atoms with E-state index >= 15 is 0 Å². The minimum absolute atomic E-state index is 0.00417. The molecule has 0 saturated carbocycles. The van der Waals surface area contributed by atoms with Gasteiger partial charge in [-0.15, -0.1) is 11.3 Å². The van der Waals surface area contributed by atoms with Crippen molar-refractivity contribution in [1.29, 1.82) is 0 Å². The van der Waals surface area contributed by atoms with Crippen molar-refractivity contribution in [1.82, 2.24) is 4.90 Å². The van der Waals surface area contributed by atoms with E-state index in [1.165, 1.54) is 11.3 Å². The second-order valence-corrected chi connectivity index (χ2v) is 4.80. The SMILES string of the molecule is CCOCCN(C)C(=O)c1cc(N)c(C)s1. The number of hydrogen-bond donors (Lipinski definition) is 1. The highest BCUT2D eigenvalue weighted by Gasteiger charge is 2.14. The molecule has 0 aliphatic heterocycles. The van der Waals surface area contributed by atoms with Gasteiger partial charge in [0.15, 0.2) is 0 Å². The maximum atomic E-state index is 11.9. The van der Waals surface area contributed by atoms with Crippen molar-refractivity contribution < 1.29 is 9.53 Å². The molecule has 0 aromatic carbocycles. The lowest BCUT2D eigenvalue weighted by Gasteiger charge is -2.15. The molecule has 0 bridgehead atoms. The monoisotopic (exact) mass is 242 g/mol. The number of amides is 1. The van der Waals surface area contributed by atoms with Gasteiger partial charge in [-0.05, 0) is 19.9 Å². The first-order chi connectivity index (χ1) is 7.56. The average Bonchev–Trinajstić information content (AvgIpc) is 2.58. The predicted octanol–water partition coefficient (Wildman–Crippen LogP) is 1.75. The Balaban J connectivity index is 2.56. The van der Waals surface area contributed by atoms with Gasteiger partial charge in [-0.1, -0.05) is 0 Å². The summed E-state index contributed by atoms with van der Waals surface area (Å²) < 4.78 is 5.20. The molecule has 0 aliphatic rings. The topological polar surface area (TPSA) is 55.6 Å². The van der Waals surface area contributed by atoms with Gasteiger partial charge in [0.2, 0.25) is 0 Å². The van der Waals surface area contributed by atoms with Crippen LogP contribution in [0.15, 0.2) is 6.07 Å². The molecule has 5 heteroatoms. The van der Waals surface area contributed by atoms with Crippen LogP contribution in [0.5, 0.6) is 0 Å². The molecule has 4 nitrogen and oxygen atoms in total. The van der Waals surface area contributed by atoms with Crippen LogP contribution in [0.4, 0.5) is 5.69 Å². The standard InChI is InChI=1S/C11H18N2O2S/c1-4-15-6-5-13(3)11(14)10-7-9(12)8(2)16-10/h7H,4-6,12H2,1-3H3. The molecule has 0 aliphatic carbocycles. The third-order valence-electron chi connectivity index (χ3n) is 2.29. The number of carbonyl (C=O) groups excluding carboxylic acids is 1. The third kappa shape index (κ3) is 3.21. The molecule has 0 atom stereocenters. The molecule has 0 fully saturated rings. The molecule has 0 spiro atoms. The summed E-state index contributed by atoms with van der Waals surface area (Å²) in [5.74, 6) is 0.00417. The van der Waals surface area contributed by atoms with E-state index < -0.39 is 0 Å². The Hall–Kier alpha value is -1.07. The number of thiophene rings is 1. The van der Waals surface area contributed by atoms with E-state index in [-0.39, 0.29) is 5.91 Å². The second-order valence-electron chi connectivity index (χ2n) is 3.55. The Bertz CT molecular complexity index is 343. The summed E-state index contributed by atoms with van der Waals surface area (Å²) in [6.07, 6.45) is 0. The van der Waals surface area contributed by atoms with Crippen molar-refractivity contribution in [2.75, 3.05) is 32.5 Å². The van der Waals surface area contributed by atoms with Crippen LogP contribution in [0, 0.1) is 6.92 Å². The van der Waals surface area contributed by atoms with Gasteiger partial charge in [0.25, 0.3) is 5.91 Å². The molecule has 16 heavy (non-hydrogen) atoms. The number of anilines is 1. The number of rotatable bonds is 5. The van der Waals surface area contributed by atoms with Gasteiger partial charge in [0.1, 0.15) is 0 Å². The zero-order chi connectivity index (χ0) is 12.1. The van der Waals surface area contributed by atoms with E-state index in [1.807, 2.05) is 13.8 Å². The number of ether oxygens (including phenoxy) is 1. The van der Waals surface area contributed by atoms with Gasteiger partial charge in [0.05, 0.1) is 11.5 Å². The molecule has 1 rings (SSSR count). The maximum Gasteiger partial charge on any atom is 0.263 e. The Labute approximate surface area is 100 Å². The van der Waals surface area contributed by atoms with E-state index in [0.29, 0.717) is 30.3 Å². The number of hydrogen-bond acceptors (Lipinski definition) is 4. The van der Waals surface area contributed by atoms with Gasteiger partial charge in [-0.3, -0.25) is 4.79 Å². The number of nitrogens with two attached hydrogens (primary N) is 1. The van der Waals surface area contributed by atoms with E-state index in [0.717, 1.165) is 4.88 Å². The van der Waals surface area contributed by atoms with Crippen molar-refractivity contribution in [3.63, 3.8) is 0 Å². The first-order valence-corrected chi connectivity index (χ1v) is 6.07. The highest BCUT2D eigenvalue weighted by molar-refractivity contribution is 7.14. The van der Waals surface area contributed by atoms with Gasteiger partial charge < -0.3 is 15.4 Å². The molecular formula is C11H18N2O2S. The van der Waals surface area contributed by atoms with Crippen molar-refractivity contribution in [3.8, 4) is 0 Å². The van der Waals surface area contributed by atoms with Crippen LogP contribution in [0.25, 0.3) is 0 Å². The lowest BCUT2D eigenvalue weighted by Crippen LogP contribution is -2.29. The molecule has 1 aromatic heterocycles. The Kier molecular flexibility index (Phi) is 4.76. The molecule has 1 aromatic rings. The van der Waals surface area contributed by atoms with Gasteiger partial charge >= 0.3 is 0 Å². The number of carbonyl (C=O) groups is 1. The van der Waals surface area contributed by atoms with Crippen molar-refractivity contribution in [3.05, 3.63) is 15.8 Å². The number of nitrogen functional groups attached to an aromatic ring is 1. The largest absolute Gasteiger partial charge is 0.398 e. The van der Waals surface area contributed by atoms with E-state index in [4.69, 9.17) is 10.5 Å². The molecule has 1 amide bonds. The minimum Gasteiger partial charge on any atom is -0.398 e. The Morgan fingerprint density at radius 2 is 2.31 bits per heavy atom. The highest BCUT2D eigenvalue weighted by atomic mass is 32.1. The van der Waals surface area contributed by atoms with Gasteiger partial charge in [-0.25, -0.2) is 0 Å². The summed E-state index contributed by atoms with van der Waals surface area (Å²) in [6.45, 7) is 5.69. The van der Waals surface area contributed by atoms with Crippen molar-refractivity contribution >= 4 is 22.9 Å². The summed E-state index contributed by atoms with van der Waals surface area (Å²) in [4.78, 5) is 15.3. The van der Waals surface area contributed by atoms with Crippen LogP contribution in [0.2, 0.25) is 0 Å². The van der Waals surface area contributed by atoms with Crippen LogP contribution in [0.1, 0.15) is 21.5 Å². The molecular weight excluding hydrogens is 224 g/mol. The number of likely N-dealkylation sites (N-methyl/N-ethyl adjacent to an activating group) is 1. The average molecular weight is 242 g/mol. The first kappa shape index (κ1) is 13.0. The minimum atomic E-state index is 0.00417.